The van der Waals surface area contributed by atoms with Crippen LogP contribution in [0.2, 0.25) is 0 Å². The molecule has 1 atom stereocenters. The molecule has 3 aromatic rings. The normalized spacial score (nSPS) is 15.9. The van der Waals surface area contributed by atoms with Gasteiger partial charge in [0.15, 0.2) is 0 Å². The van der Waals surface area contributed by atoms with Gasteiger partial charge < -0.3 is 9.80 Å². The van der Waals surface area contributed by atoms with Crippen LogP contribution in [0.1, 0.15) is 34.3 Å². The highest BCUT2D eigenvalue weighted by Crippen LogP contribution is 2.23. The average Bonchev–Trinajstić information content (AvgIpc) is 2.84. The number of aromatic nitrogens is 2. The van der Waals surface area contributed by atoms with Gasteiger partial charge in [-0.25, -0.2) is 4.39 Å². The third-order valence-electron chi connectivity index (χ3n) is 5.68. The zero-order valence-corrected chi connectivity index (χ0v) is 17.7. The Morgan fingerprint density at radius 3 is 2.44 bits per heavy atom. The molecule has 32 heavy (non-hydrogen) atoms. The highest BCUT2D eigenvalue weighted by Gasteiger charge is 2.31. The number of carbonyl (C=O) groups is 2. The fourth-order valence-corrected chi connectivity index (χ4v) is 4.03. The maximum absolute atomic E-state index is 13.6. The van der Waals surface area contributed by atoms with Gasteiger partial charge >= 0.3 is 0 Å². The van der Waals surface area contributed by atoms with Crippen molar-refractivity contribution in [3.8, 4) is 0 Å². The molecule has 6 nitrogen and oxygen atoms in total. The lowest BCUT2D eigenvalue weighted by molar-refractivity contribution is -0.138. The minimum absolute atomic E-state index is 0.0160. The summed E-state index contributed by atoms with van der Waals surface area (Å²) in [6.45, 7) is 1.85. The molecule has 0 radical (unpaired) electrons. The van der Waals surface area contributed by atoms with Gasteiger partial charge in [0.25, 0.3) is 5.91 Å². The van der Waals surface area contributed by atoms with E-state index in [4.69, 9.17) is 0 Å². The number of hydrogen-bond donors (Lipinski definition) is 0. The number of carbonyl (C=O) groups excluding carboxylic acids is 2. The van der Waals surface area contributed by atoms with Gasteiger partial charge in [0.2, 0.25) is 5.91 Å². The molecule has 164 valence electrons. The molecule has 3 heterocycles. The number of amides is 2. The molecule has 1 aliphatic heterocycles. The van der Waals surface area contributed by atoms with E-state index in [1.807, 2.05) is 29.2 Å². The van der Waals surface area contributed by atoms with Crippen molar-refractivity contribution in [1.82, 2.24) is 19.8 Å². The lowest BCUT2D eigenvalue weighted by Crippen LogP contribution is -2.46. The highest BCUT2D eigenvalue weighted by atomic mass is 19.1. The molecule has 7 heteroatoms. The van der Waals surface area contributed by atoms with Gasteiger partial charge in [0.1, 0.15) is 5.82 Å². The molecule has 2 aromatic heterocycles. The first-order chi connectivity index (χ1) is 15.6. The summed E-state index contributed by atoms with van der Waals surface area (Å²) >= 11 is 0. The molecule has 1 fully saturated rings. The minimum Gasteiger partial charge on any atom is -0.338 e. The third-order valence-corrected chi connectivity index (χ3v) is 5.68. The van der Waals surface area contributed by atoms with E-state index >= 15 is 0 Å². The summed E-state index contributed by atoms with van der Waals surface area (Å²) in [5.41, 5.74) is 2.38. The van der Waals surface area contributed by atoms with Crippen LogP contribution >= 0.6 is 0 Å². The van der Waals surface area contributed by atoms with Gasteiger partial charge in [-0.3, -0.25) is 19.6 Å². The second-order valence-corrected chi connectivity index (χ2v) is 8.01. The van der Waals surface area contributed by atoms with E-state index in [1.54, 1.807) is 29.7 Å². The van der Waals surface area contributed by atoms with Crippen LogP contribution in [0.25, 0.3) is 0 Å². The van der Waals surface area contributed by atoms with Crippen molar-refractivity contribution in [3.63, 3.8) is 0 Å². The standard InChI is InChI=1S/C25H25FN4O2/c26-23-7-5-21(6-8-23)24(31)29-14-2-4-22(18-29)25(32)30(16-19-9-12-27-13-10-19)17-20-3-1-11-28-15-20/h1,3,5-13,15,22H,2,4,14,16-18H2. The number of nitrogens with zero attached hydrogens (tertiary/aromatic N) is 4. The Hall–Kier alpha value is -3.61. The fourth-order valence-electron chi connectivity index (χ4n) is 4.03. The van der Waals surface area contributed by atoms with Crippen LogP contribution < -0.4 is 0 Å². The maximum atomic E-state index is 13.6. The first kappa shape index (κ1) is 21.6. The zero-order valence-electron chi connectivity index (χ0n) is 17.7. The second kappa shape index (κ2) is 10.1. The highest BCUT2D eigenvalue weighted by molar-refractivity contribution is 5.94. The zero-order chi connectivity index (χ0) is 22.3. The topological polar surface area (TPSA) is 66.4 Å². The van der Waals surface area contributed by atoms with E-state index in [0.29, 0.717) is 31.7 Å². The summed E-state index contributed by atoms with van der Waals surface area (Å²) in [6, 6.07) is 13.1. The van der Waals surface area contributed by atoms with Crippen LogP contribution in [0.4, 0.5) is 4.39 Å². The number of pyridine rings is 2. The van der Waals surface area contributed by atoms with Gasteiger partial charge in [0.05, 0.1) is 5.92 Å². The number of hydrogen-bond acceptors (Lipinski definition) is 4. The monoisotopic (exact) mass is 432 g/mol. The van der Waals surface area contributed by atoms with Crippen LogP contribution in [-0.2, 0) is 17.9 Å². The molecule has 0 saturated carbocycles. The quantitative estimate of drug-likeness (QED) is 0.596. The number of benzene rings is 1. The lowest BCUT2D eigenvalue weighted by Gasteiger charge is -2.35. The summed E-state index contributed by atoms with van der Waals surface area (Å²) < 4.78 is 13.2. The van der Waals surface area contributed by atoms with E-state index in [9.17, 15) is 14.0 Å². The van der Waals surface area contributed by atoms with E-state index < -0.39 is 0 Å². The van der Waals surface area contributed by atoms with Crippen molar-refractivity contribution in [1.29, 1.82) is 0 Å². The molecular weight excluding hydrogens is 407 g/mol. The van der Waals surface area contributed by atoms with Crippen molar-refractivity contribution in [3.05, 3.63) is 95.8 Å². The minimum atomic E-state index is -0.379. The number of rotatable bonds is 6. The van der Waals surface area contributed by atoms with Crippen molar-refractivity contribution in [2.45, 2.75) is 25.9 Å². The Balaban J connectivity index is 1.50. The van der Waals surface area contributed by atoms with Crippen LogP contribution in [0, 0.1) is 11.7 Å². The van der Waals surface area contributed by atoms with Gasteiger partial charge in [-0.05, 0) is 66.4 Å². The molecule has 4 rings (SSSR count). The Labute approximate surface area is 186 Å². The van der Waals surface area contributed by atoms with Crippen molar-refractivity contribution >= 4 is 11.8 Å². The largest absolute Gasteiger partial charge is 0.338 e. The third kappa shape index (κ3) is 5.35. The van der Waals surface area contributed by atoms with Crippen molar-refractivity contribution in [2.75, 3.05) is 13.1 Å². The van der Waals surface area contributed by atoms with E-state index in [0.717, 1.165) is 24.0 Å². The molecule has 1 aromatic carbocycles. The second-order valence-electron chi connectivity index (χ2n) is 8.01. The summed E-state index contributed by atoms with van der Waals surface area (Å²) in [5, 5.41) is 0. The average molecular weight is 432 g/mol. The van der Waals surface area contributed by atoms with Gasteiger partial charge in [0, 0.05) is 56.5 Å². The number of likely N-dealkylation sites (tertiary alicyclic amines) is 1. The molecule has 1 aliphatic rings. The smallest absolute Gasteiger partial charge is 0.253 e. The van der Waals surface area contributed by atoms with E-state index in [-0.39, 0.29) is 23.5 Å². The Morgan fingerprint density at radius 1 is 0.969 bits per heavy atom. The van der Waals surface area contributed by atoms with Crippen molar-refractivity contribution < 1.29 is 14.0 Å². The first-order valence-corrected chi connectivity index (χ1v) is 10.7. The number of piperidine rings is 1. The van der Waals surface area contributed by atoms with Crippen LogP contribution in [0.3, 0.4) is 0 Å². The Kier molecular flexibility index (Phi) is 6.84. The fraction of sp³-hybridized carbons (Fsp3) is 0.280. The maximum Gasteiger partial charge on any atom is 0.253 e. The molecule has 1 saturated heterocycles. The van der Waals surface area contributed by atoms with Gasteiger partial charge in [-0.2, -0.15) is 0 Å². The molecule has 1 unspecified atom stereocenters. The SMILES string of the molecule is O=C(c1ccc(F)cc1)N1CCCC(C(=O)N(Cc2ccncc2)Cc2cccnc2)C1. The predicted octanol–water partition coefficient (Wildman–Crippen LogP) is 3.70. The van der Waals surface area contributed by atoms with Crippen LogP contribution in [-0.4, -0.2) is 44.7 Å². The molecular formula is C25H25FN4O2. The summed E-state index contributed by atoms with van der Waals surface area (Å²) in [6.07, 6.45) is 8.37. The van der Waals surface area contributed by atoms with Crippen LogP contribution in [0.15, 0.2) is 73.3 Å². The lowest BCUT2D eigenvalue weighted by atomic mass is 9.95. The van der Waals surface area contributed by atoms with E-state index in [2.05, 4.69) is 9.97 Å². The summed E-state index contributed by atoms with van der Waals surface area (Å²) in [7, 11) is 0. The Morgan fingerprint density at radius 2 is 1.72 bits per heavy atom. The summed E-state index contributed by atoms with van der Waals surface area (Å²) in [4.78, 5) is 38.2. The number of halogens is 1. The molecule has 0 spiro atoms. The van der Waals surface area contributed by atoms with E-state index in [1.165, 1.54) is 24.3 Å². The molecule has 0 bridgehead atoms. The van der Waals surface area contributed by atoms with Crippen molar-refractivity contribution in [2.24, 2.45) is 5.92 Å². The molecule has 0 aliphatic carbocycles. The Bertz CT molecular complexity index is 1000. The molecule has 0 N–H and O–H groups in total. The van der Waals surface area contributed by atoms with Crippen LogP contribution in [0.5, 0.6) is 0 Å². The first-order valence-electron chi connectivity index (χ1n) is 10.7. The molecule has 2 amide bonds. The van der Waals surface area contributed by atoms with Gasteiger partial charge in [-0.1, -0.05) is 6.07 Å². The predicted molar refractivity (Wildman–Crippen MR) is 118 cm³/mol. The summed E-state index contributed by atoms with van der Waals surface area (Å²) in [5.74, 6) is -0.820. The van der Waals surface area contributed by atoms with Gasteiger partial charge in [-0.15, -0.1) is 0 Å².